The number of nitrogens with one attached hydrogen (secondary N) is 1. The average molecular weight is 345 g/mol. The highest BCUT2D eigenvalue weighted by molar-refractivity contribution is 9.10. The molecule has 0 aliphatic heterocycles. The van der Waals surface area contributed by atoms with Crippen LogP contribution in [0.1, 0.15) is 35.0 Å². The van der Waals surface area contributed by atoms with Gasteiger partial charge in [-0.25, -0.2) is 13.8 Å². The van der Waals surface area contributed by atoms with Gasteiger partial charge in [-0.05, 0) is 26.0 Å². The third-order valence-corrected chi connectivity index (χ3v) is 3.05. The summed E-state index contributed by atoms with van der Waals surface area (Å²) in [7, 11) is 0. The van der Waals surface area contributed by atoms with Crippen LogP contribution in [-0.2, 0) is 0 Å². The van der Waals surface area contributed by atoms with Gasteiger partial charge in [0, 0.05) is 4.47 Å². The predicted molar refractivity (Wildman–Crippen MR) is 71.2 cm³/mol. The Morgan fingerprint density at radius 1 is 1.40 bits per heavy atom. The van der Waals surface area contributed by atoms with Gasteiger partial charge < -0.3 is 9.73 Å². The Hall–Kier alpha value is -1.76. The minimum atomic E-state index is -0.940. The van der Waals surface area contributed by atoms with E-state index < -0.39 is 29.1 Å². The molecule has 0 radical (unpaired) electrons. The normalized spacial score (nSPS) is 12.2. The second-order valence-electron chi connectivity index (χ2n) is 4.25. The van der Waals surface area contributed by atoms with Gasteiger partial charge in [-0.3, -0.25) is 4.79 Å². The maximum atomic E-state index is 13.6. The van der Waals surface area contributed by atoms with Gasteiger partial charge in [0.25, 0.3) is 5.91 Å². The second-order valence-corrected chi connectivity index (χ2v) is 5.16. The molecule has 1 N–H and O–H groups in total. The third-order valence-electron chi connectivity index (χ3n) is 2.59. The van der Waals surface area contributed by atoms with E-state index >= 15 is 0 Å². The van der Waals surface area contributed by atoms with E-state index in [1.54, 1.807) is 13.8 Å². The van der Waals surface area contributed by atoms with Crippen molar-refractivity contribution < 1.29 is 18.0 Å². The monoisotopic (exact) mass is 344 g/mol. The Morgan fingerprint density at radius 2 is 2.00 bits per heavy atom. The van der Waals surface area contributed by atoms with Gasteiger partial charge in [0.15, 0.2) is 0 Å². The molecular formula is C13H11BrF2N2O2. The molecule has 7 heteroatoms. The summed E-state index contributed by atoms with van der Waals surface area (Å²) in [5.74, 6) is -1.89. The molecule has 0 bridgehead atoms. The van der Waals surface area contributed by atoms with Crippen LogP contribution in [0.5, 0.6) is 0 Å². The van der Waals surface area contributed by atoms with Crippen LogP contribution in [0.2, 0.25) is 0 Å². The van der Waals surface area contributed by atoms with E-state index in [1.165, 1.54) is 6.20 Å². The third kappa shape index (κ3) is 3.04. The Morgan fingerprint density at radius 3 is 2.50 bits per heavy atom. The van der Waals surface area contributed by atoms with Crippen LogP contribution in [0.4, 0.5) is 8.78 Å². The fraction of sp³-hybridized carbons (Fsp3) is 0.231. The molecule has 1 unspecified atom stereocenters. The van der Waals surface area contributed by atoms with Crippen LogP contribution in [0.15, 0.2) is 27.2 Å². The highest BCUT2D eigenvalue weighted by atomic mass is 79.9. The number of benzene rings is 1. The number of aromatic nitrogens is 1. The first kappa shape index (κ1) is 14.6. The van der Waals surface area contributed by atoms with E-state index in [9.17, 15) is 13.6 Å². The summed E-state index contributed by atoms with van der Waals surface area (Å²) in [6.07, 6.45) is 1.50. The molecule has 0 spiro atoms. The number of carbonyl (C=O) groups excluding carboxylic acids is 1. The number of aryl methyl sites for hydroxylation is 1. The van der Waals surface area contributed by atoms with Crippen molar-refractivity contribution in [2.45, 2.75) is 19.9 Å². The van der Waals surface area contributed by atoms with Crippen LogP contribution < -0.4 is 5.32 Å². The predicted octanol–water partition coefficient (Wildman–Crippen LogP) is 3.51. The fourth-order valence-electron chi connectivity index (χ4n) is 1.66. The molecule has 1 aromatic heterocycles. The van der Waals surface area contributed by atoms with Crippen molar-refractivity contribution in [3.05, 3.63) is 51.7 Å². The lowest BCUT2D eigenvalue weighted by Gasteiger charge is -2.11. The smallest absolute Gasteiger partial charge is 0.257 e. The Bertz CT molecular complexity index is 635. The maximum Gasteiger partial charge on any atom is 0.257 e. The lowest BCUT2D eigenvalue weighted by atomic mass is 10.1. The van der Waals surface area contributed by atoms with Gasteiger partial charge in [-0.2, -0.15) is 0 Å². The van der Waals surface area contributed by atoms with Crippen molar-refractivity contribution in [1.82, 2.24) is 10.3 Å². The highest BCUT2D eigenvalue weighted by Gasteiger charge is 2.22. The second kappa shape index (κ2) is 5.70. The van der Waals surface area contributed by atoms with Crippen LogP contribution >= 0.6 is 15.9 Å². The molecule has 1 amide bonds. The molecule has 1 aromatic carbocycles. The van der Waals surface area contributed by atoms with Gasteiger partial charge in [0.2, 0.25) is 5.89 Å². The first-order valence-corrected chi connectivity index (χ1v) is 6.55. The molecular weight excluding hydrogens is 334 g/mol. The van der Waals surface area contributed by atoms with E-state index in [4.69, 9.17) is 4.42 Å². The quantitative estimate of drug-likeness (QED) is 0.926. The Labute approximate surface area is 122 Å². The number of hydrogen-bond acceptors (Lipinski definition) is 3. The zero-order valence-electron chi connectivity index (χ0n) is 10.7. The molecule has 0 aliphatic rings. The summed E-state index contributed by atoms with van der Waals surface area (Å²) < 4.78 is 32.8. The van der Waals surface area contributed by atoms with Crippen LogP contribution in [0, 0.1) is 18.6 Å². The Kier molecular flexibility index (Phi) is 4.17. The zero-order valence-corrected chi connectivity index (χ0v) is 12.3. The van der Waals surface area contributed by atoms with E-state index in [-0.39, 0.29) is 10.4 Å². The molecule has 106 valence electrons. The lowest BCUT2D eigenvalue weighted by Crippen LogP contribution is -2.28. The minimum Gasteiger partial charge on any atom is -0.444 e. The number of oxazole rings is 1. The van der Waals surface area contributed by atoms with Crippen molar-refractivity contribution in [2.75, 3.05) is 0 Å². The van der Waals surface area contributed by atoms with Gasteiger partial charge in [0.05, 0.1) is 6.20 Å². The largest absolute Gasteiger partial charge is 0.444 e. The molecule has 2 rings (SSSR count). The minimum absolute atomic E-state index is 0.223. The average Bonchev–Trinajstić information content (AvgIpc) is 2.74. The maximum absolute atomic E-state index is 13.6. The van der Waals surface area contributed by atoms with E-state index in [2.05, 4.69) is 26.2 Å². The van der Waals surface area contributed by atoms with Gasteiger partial charge in [-0.15, -0.1) is 0 Å². The molecule has 20 heavy (non-hydrogen) atoms. The van der Waals surface area contributed by atoms with Crippen molar-refractivity contribution in [2.24, 2.45) is 0 Å². The highest BCUT2D eigenvalue weighted by Crippen LogP contribution is 2.20. The molecule has 0 saturated heterocycles. The van der Waals surface area contributed by atoms with Crippen molar-refractivity contribution in [3.63, 3.8) is 0 Å². The fourth-order valence-corrected chi connectivity index (χ4v) is 2.06. The summed E-state index contributed by atoms with van der Waals surface area (Å²) in [5.41, 5.74) is -0.636. The molecule has 0 aliphatic carbocycles. The molecule has 4 nitrogen and oxygen atoms in total. The van der Waals surface area contributed by atoms with Crippen LogP contribution in [0.25, 0.3) is 0 Å². The van der Waals surface area contributed by atoms with E-state index in [0.717, 1.165) is 12.1 Å². The summed E-state index contributed by atoms with van der Waals surface area (Å²) in [4.78, 5) is 15.9. The standard InChI is InChI=1S/C13H11BrF2N2O2/c1-6-5-17-13(20-6)7(2)18-12(19)11-9(15)3-8(14)4-10(11)16/h3-5,7H,1-2H3,(H,18,19). The summed E-state index contributed by atoms with van der Waals surface area (Å²) in [6, 6.07) is 1.45. The molecule has 0 saturated carbocycles. The number of nitrogens with zero attached hydrogens (tertiary/aromatic N) is 1. The SMILES string of the molecule is Cc1cnc(C(C)NC(=O)c2c(F)cc(Br)cc2F)o1. The van der Waals surface area contributed by atoms with E-state index in [1.807, 2.05) is 0 Å². The summed E-state index contributed by atoms with van der Waals surface area (Å²) in [5, 5.41) is 2.44. The Balaban J connectivity index is 2.20. The van der Waals surface area contributed by atoms with Gasteiger partial charge in [-0.1, -0.05) is 15.9 Å². The number of carbonyl (C=O) groups is 1. The van der Waals surface area contributed by atoms with Crippen molar-refractivity contribution in [3.8, 4) is 0 Å². The molecule has 1 atom stereocenters. The molecule has 2 aromatic rings. The summed E-state index contributed by atoms with van der Waals surface area (Å²) in [6.45, 7) is 3.32. The molecule has 1 heterocycles. The first-order valence-electron chi connectivity index (χ1n) is 5.76. The zero-order chi connectivity index (χ0) is 14.9. The number of hydrogen-bond donors (Lipinski definition) is 1. The number of amides is 1. The van der Waals surface area contributed by atoms with Crippen LogP contribution in [-0.4, -0.2) is 10.9 Å². The number of rotatable bonds is 3. The summed E-state index contributed by atoms with van der Waals surface area (Å²) >= 11 is 2.95. The van der Waals surface area contributed by atoms with Gasteiger partial charge in [0.1, 0.15) is 29.0 Å². The van der Waals surface area contributed by atoms with E-state index in [0.29, 0.717) is 5.76 Å². The first-order chi connectivity index (χ1) is 9.38. The molecule has 0 fully saturated rings. The topological polar surface area (TPSA) is 55.1 Å². The van der Waals surface area contributed by atoms with Crippen molar-refractivity contribution in [1.29, 1.82) is 0 Å². The lowest BCUT2D eigenvalue weighted by molar-refractivity contribution is 0.0925. The van der Waals surface area contributed by atoms with Gasteiger partial charge >= 0.3 is 0 Å². The van der Waals surface area contributed by atoms with Crippen LogP contribution in [0.3, 0.4) is 0 Å². The van der Waals surface area contributed by atoms with Crippen molar-refractivity contribution >= 4 is 21.8 Å². The number of halogens is 3.